The van der Waals surface area contributed by atoms with Crippen molar-refractivity contribution in [3.05, 3.63) is 96.1 Å². The second-order valence-electron chi connectivity index (χ2n) is 5.59. The van der Waals surface area contributed by atoms with E-state index in [0.717, 1.165) is 4.90 Å². The Kier molecular flexibility index (Phi) is 6.39. The number of hydrogen-bond acceptors (Lipinski definition) is 4. The molecule has 0 aliphatic heterocycles. The molecule has 3 nitrogen and oxygen atoms in total. The van der Waals surface area contributed by atoms with Crippen molar-refractivity contribution < 1.29 is 13.9 Å². The van der Waals surface area contributed by atoms with E-state index in [-0.39, 0.29) is 18.2 Å². The fourth-order valence-electron chi connectivity index (χ4n) is 2.46. The van der Waals surface area contributed by atoms with Crippen LogP contribution in [-0.2, 0) is 9.53 Å². The highest BCUT2D eigenvalue weighted by atomic mass is 32.2. The number of carbonyl (C=O) groups is 1. The Morgan fingerprint density at radius 2 is 1.85 bits per heavy atom. The van der Waals surface area contributed by atoms with Gasteiger partial charge < -0.3 is 4.74 Å². The van der Waals surface area contributed by atoms with Crippen molar-refractivity contribution in [3.63, 3.8) is 0 Å². The van der Waals surface area contributed by atoms with Gasteiger partial charge in [-0.2, -0.15) is 0 Å². The van der Waals surface area contributed by atoms with E-state index in [4.69, 9.17) is 4.74 Å². The van der Waals surface area contributed by atoms with Crippen molar-refractivity contribution >= 4 is 17.7 Å². The van der Waals surface area contributed by atoms with Crippen LogP contribution in [0.4, 0.5) is 4.39 Å². The van der Waals surface area contributed by atoms with Gasteiger partial charge in [0.05, 0.1) is 12.1 Å². The van der Waals surface area contributed by atoms with E-state index in [1.54, 1.807) is 42.2 Å². The van der Waals surface area contributed by atoms with Crippen LogP contribution in [0.1, 0.15) is 23.8 Å². The molecule has 0 fully saturated rings. The zero-order chi connectivity index (χ0) is 18.2. The van der Waals surface area contributed by atoms with Gasteiger partial charge in [0.25, 0.3) is 0 Å². The first-order chi connectivity index (χ1) is 12.7. The van der Waals surface area contributed by atoms with Gasteiger partial charge in [0.1, 0.15) is 5.82 Å². The van der Waals surface area contributed by atoms with E-state index in [2.05, 4.69) is 4.98 Å². The first-order valence-corrected chi connectivity index (χ1v) is 9.24. The van der Waals surface area contributed by atoms with Crippen LogP contribution < -0.4 is 0 Å². The number of esters is 1. The lowest BCUT2D eigenvalue weighted by Gasteiger charge is -2.18. The third-order valence-corrected chi connectivity index (χ3v) is 4.69. The minimum atomic E-state index is -0.721. The summed E-state index contributed by atoms with van der Waals surface area (Å²) in [5.74, 6) is -0.103. The lowest BCUT2D eigenvalue weighted by Crippen LogP contribution is -2.14. The van der Waals surface area contributed by atoms with Crippen LogP contribution in [0.25, 0.3) is 0 Å². The molecule has 1 unspecified atom stereocenters. The van der Waals surface area contributed by atoms with Gasteiger partial charge in [-0.1, -0.05) is 36.4 Å². The van der Waals surface area contributed by atoms with Crippen LogP contribution >= 0.6 is 11.8 Å². The highest BCUT2D eigenvalue weighted by Crippen LogP contribution is 2.26. The molecule has 0 N–H and O–H groups in total. The molecular weight excluding hydrogens is 349 g/mol. The molecule has 26 heavy (non-hydrogen) atoms. The summed E-state index contributed by atoms with van der Waals surface area (Å²) in [7, 11) is 0. The summed E-state index contributed by atoms with van der Waals surface area (Å²) < 4.78 is 19.2. The summed E-state index contributed by atoms with van der Waals surface area (Å²) in [4.78, 5) is 17.7. The van der Waals surface area contributed by atoms with E-state index in [1.165, 1.54) is 12.1 Å². The molecule has 5 heteroatoms. The lowest BCUT2D eigenvalue weighted by molar-refractivity contribution is -0.147. The monoisotopic (exact) mass is 367 g/mol. The van der Waals surface area contributed by atoms with E-state index in [9.17, 15) is 9.18 Å². The van der Waals surface area contributed by atoms with Crippen molar-refractivity contribution in [2.45, 2.75) is 17.4 Å². The van der Waals surface area contributed by atoms with Gasteiger partial charge in [0.2, 0.25) is 0 Å². The van der Waals surface area contributed by atoms with Gasteiger partial charge in [-0.25, -0.2) is 4.39 Å². The predicted molar refractivity (Wildman–Crippen MR) is 100 cm³/mol. The third-order valence-electron chi connectivity index (χ3n) is 3.68. The maximum absolute atomic E-state index is 13.6. The number of rotatable bonds is 7. The van der Waals surface area contributed by atoms with E-state index in [1.807, 2.05) is 36.4 Å². The first kappa shape index (κ1) is 18.1. The minimum absolute atomic E-state index is 0.262. The summed E-state index contributed by atoms with van der Waals surface area (Å²) in [6, 6.07) is 21.3. The Balaban J connectivity index is 1.66. The molecule has 1 aromatic heterocycles. The quantitative estimate of drug-likeness (QED) is 0.433. The molecule has 2 aromatic carbocycles. The number of benzene rings is 2. The molecule has 0 bridgehead atoms. The molecule has 0 amide bonds. The second-order valence-corrected chi connectivity index (χ2v) is 6.76. The summed E-state index contributed by atoms with van der Waals surface area (Å²) in [5, 5.41) is 0. The van der Waals surface area contributed by atoms with E-state index < -0.39 is 6.10 Å². The summed E-state index contributed by atoms with van der Waals surface area (Å²) >= 11 is 1.59. The van der Waals surface area contributed by atoms with E-state index >= 15 is 0 Å². The number of carbonyl (C=O) groups excluding carboxylic acids is 1. The highest BCUT2D eigenvalue weighted by molar-refractivity contribution is 7.99. The van der Waals surface area contributed by atoms with Gasteiger partial charge in [-0.15, -0.1) is 11.8 Å². The van der Waals surface area contributed by atoms with Crippen LogP contribution in [0, 0.1) is 5.82 Å². The summed E-state index contributed by atoms with van der Waals surface area (Å²) in [6.45, 7) is 0. The molecule has 0 saturated carbocycles. The van der Waals surface area contributed by atoms with Gasteiger partial charge in [0, 0.05) is 22.4 Å². The highest BCUT2D eigenvalue weighted by Gasteiger charge is 2.20. The van der Waals surface area contributed by atoms with Crippen LogP contribution in [0.2, 0.25) is 0 Å². The fraction of sp³-hybridized carbons (Fsp3) is 0.143. The molecule has 0 spiro atoms. The molecule has 0 saturated heterocycles. The zero-order valence-electron chi connectivity index (χ0n) is 14.0. The van der Waals surface area contributed by atoms with Crippen molar-refractivity contribution in [1.29, 1.82) is 0 Å². The molecule has 1 atom stereocenters. The van der Waals surface area contributed by atoms with Crippen LogP contribution in [0.5, 0.6) is 0 Å². The summed E-state index contributed by atoms with van der Waals surface area (Å²) in [5.41, 5.74) is 1.13. The van der Waals surface area contributed by atoms with Crippen molar-refractivity contribution in [2.75, 3.05) is 5.75 Å². The molecule has 3 rings (SSSR count). The molecule has 3 aromatic rings. The maximum atomic E-state index is 13.6. The number of ether oxygens (including phenoxy) is 1. The molecule has 132 valence electrons. The molecular formula is C21H18FNO2S. The number of hydrogen-bond donors (Lipinski definition) is 0. The molecule has 0 aliphatic carbocycles. The smallest absolute Gasteiger partial charge is 0.307 e. The Bertz CT molecular complexity index is 843. The Hall–Kier alpha value is -2.66. The normalized spacial score (nSPS) is 11.7. The predicted octanol–water partition coefficient (Wildman–Crippen LogP) is 5.04. The number of aromatic nitrogens is 1. The SMILES string of the molecule is O=C(CCSc1ccccc1)OC(c1cccc(F)c1)c1ccccn1. The third kappa shape index (κ3) is 5.17. The van der Waals surface area contributed by atoms with Gasteiger partial charge in [-0.05, 0) is 36.4 Å². The molecule has 0 radical (unpaired) electrons. The number of pyridine rings is 1. The van der Waals surface area contributed by atoms with Crippen LogP contribution in [-0.4, -0.2) is 16.7 Å². The maximum Gasteiger partial charge on any atom is 0.307 e. The van der Waals surface area contributed by atoms with Crippen LogP contribution in [0.15, 0.2) is 83.9 Å². The Labute approximate surface area is 156 Å². The number of halogens is 1. The first-order valence-electron chi connectivity index (χ1n) is 8.26. The summed E-state index contributed by atoms with van der Waals surface area (Å²) in [6.07, 6.45) is 1.17. The Morgan fingerprint density at radius 3 is 2.58 bits per heavy atom. The zero-order valence-corrected chi connectivity index (χ0v) is 14.9. The van der Waals surface area contributed by atoms with Gasteiger partial charge in [0.15, 0.2) is 6.10 Å². The fourth-order valence-corrected chi connectivity index (χ4v) is 3.31. The van der Waals surface area contributed by atoms with Crippen LogP contribution in [0.3, 0.4) is 0 Å². The average molecular weight is 367 g/mol. The number of thioether (sulfide) groups is 1. The van der Waals surface area contributed by atoms with Crippen molar-refractivity contribution in [2.24, 2.45) is 0 Å². The van der Waals surface area contributed by atoms with Gasteiger partial charge in [-0.3, -0.25) is 9.78 Å². The van der Waals surface area contributed by atoms with Gasteiger partial charge >= 0.3 is 5.97 Å². The van der Waals surface area contributed by atoms with Crippen molar-refractivity contribution in [1.82, 2.24) is 4.98 Å². The minimum Gasteiger partial charge on any atom is -0.451 e. The molecule has 0 aliphatic rings. The second kappa shape index (κ2) is 9.15. The topological polar surface area (TPSA) is 39.2 Å². The Morgan fingerprint density at radius 1 is 1.04 bits per heavy atom. The van der Waals surface area contributed by atoms with Crippen molar-refractivity contribution in [3.8, 4) is 0 Å². The standard InChI is InChI=1S/C21H18FNO2S/c22-17-8-6-7-16(15-17)21(19-11-4-5-13-23-19)25-20(24)12-14-26-18-9-2-1-3-10-18/h1-11,13,15,21H,12,14H2. The average Bonchev–Trinajstić information content (AvgIpc) is 2.68. The lowest BCUT2D eigenvalue weighted by atomic mass is 10.1. The molecule has 1 heterocycles. The largest absolute Gasteiger partial charge is 0.451 e. The number of nitrogens with zero attached hydrogens (tertiary/aromatic N) is 1. The van der Waals surface area contributed by atoms with E-state index in [0.29, 0.717) is 17.0 Å².